The first-order valence-electron chi connectivity index (χ1n) is 7.95. The molecule has 1 aliphatic carbocycles. The smallest absolute Gasteiger partial charge is 0.0253 e. The van der Waals surface area contributed by atoms with E-state index >= 15 is 0 Å². The molecule has 0 heterocycles. The predicted octanol–water partition coefficient (Wildman–Crippen LogP) is -0.410. The molecule has 0 fully saturated rings. The van der Waals surface area contributed by atoms with Crippen LogP contribution in [0.3, 0.4) is 0 Å². The summed E-state index contributed by atoms with van der Waals surface area (Å²) in [6.07, 6.45) is 1.05. The molecule has 26 heavy (non-hydrogen) atoms. The summed E-state index contributed by atoms with van der Waals surface area (Å²) in [5.74, 6) is 0. The van der Waals surface area contributed by atoms with Gasteiger partial charge in [-0.15, -0.1) is 35.2 Å². The van der Waals surface area contributed by atoms with E-state index in [0.29, 0.717) is 0 Å². The monoisotopic (exact) mass is 544 g/mol. The van der Waals surface area contributed by atoms with Crippen molar-refractivity contribution in [3.8, 4) is 11.1 Å². The Hall–Kier alpha value is -1.41. The molecule has 0 spiro atoms. The Kier molecular flexibility index (Phi) is 9.87. The maximum absolute atomic E-state index is 3.39. The average Bonchev–Trinajstić information content (AvgIpc) is 3.28. The van der Waals surface area contributed by atoms with Crippen LogP contribution in [0.1, 0.15) is 11.1 Å². The van der Waals surface area contributed by atoms with Gasteiger partial charge >= 0.3 is 28.2 Å². The summed E-state index contributed by atoms with van der Waals surface area (Å²) < 4.78 is 3.39. The molecule has 0 radical (unpaired) electrons. The minimum atomic E-state index is 0. The van der Waals surface area contributed by atoms with Crippen molar-refractivity contribution in [1.82, 2.24) is 0 Å². The molecule has 0 bridgehead atoms. The van der Waals surface area contributed by atoms with E-state index in [-0.39, 0.29) is 24.8 Å². The number of hydrogen-bond acceptors (Lipinski definition) is 0. The maximum atomic E-state index is 3.39. The summed E-state index contributed by atoms with van der Waals surface area (Å²) in [6.45, 7) is 0. The molecule has 0 unspecified atom stereocenters. The molecule has 5 rings (SSSR count). The Morgan fingerprint density at radius 1 is 0.808 bits per heavy atom. The van der Waals surface area contributed by atoms with Gasteiger partial charge in [0.1, 0.15) is 0 Å². The van der Waals surface area contributed by atoms with Crippen LogP contribution in [-0.4, -0.2) is 4.26 Å². The van der Waals surface area contributed by atoms with Gasteiger partial charge in [0.2, 0.25) is 0 Å². The topological polar surface area (TPSA) is 0 Å². The molecule has 0 amide bonds. The van der Waals surface area contributed by atoms with Gasteiger partial charge in [0, 0.05) is 0 Å². The Balaban J connectivity index is 0.000000232. The van der Waals surface area contributed by atoms with Crippen LogP contribution in [0.25, 0.3) is 21.9 Å². The zero-order valence-corrected chi connectivity index (χ0v) is 19.4. The van der Waals surface area contributed by atoms with Gasteiger partial charge in [-0.2, -0.15) is 47.3 Å². The van der Waals surface area contributed by atoms with Gasteiger partial charge in [0.25, 0.3) is 0 Å². The summed E-state index contributed by atoms with van der Waals surface area (Å²) in [4.78, 5) is 0. The van der Waals surface area contributed by atoms with E-state index in [1.54, 1.807) is 0 Å². The van der Waals surface area contributed by atoms with E-state index < -0.39 is 0 Å². The van der Waals surface area contributed by atoms with Crippen LogP contribution in [-0.2, 0) is 30.3 Å². The van der Waals surface area contributed by atoms with Gasteiger partial charge in [-0.05, 0) is 6.42 Å². The van der Waals surface area contributed by atoms with Crippen LogP contribution in [0.2, 0.25) is 0 Å². The second-order valence-corrected chi connectivity index (χ2v) is 5.55. The van der Waals surface area contributed by atoms with Gasteiger partial charge < -0.3 is 24.8 Å². The number of benzene rings is 3. The summed E-state index contributed by atoms with van der Waals surface area (Å²) >= 11 is 1.06. The molecule has 0 aromatic heterocycles. The van der Waals surface area contributed by atoms with E-state index in [9.17, 15) is 0 Å². The Morgan fingerprint density at radius 3 is 2.31 bits per heavy atom. The van der Waals surface area contributed by atoms with Crippen LogP contribution in [0.15, 0.2) is 84.9 Å². The van der Waals surface area contributed by atoms with Crippen LogP contribution < -0.4 is 24.8 Å². The molecule has 4 aromatic carbocycles. The molecule has 0 N–H and O–H groups in total. The first kappa shape index (κ1) is 22.6. The van der Waals surface area contributed by atoms with Crippen molar-refractivity contribution < 1.29 is 48.7 Å². The minimum Gasteiger partial charge on any atom is -1.00 e. The molecule has 0 saturated heterocycles. The van der Waals surface area contributed by atoms with Crippen LogP contribution >= 0.6 is 0 Å². The molecule has 0 nitrogen and oxygen atoms in total. The van der Waals surface area contributed by atoms with E-state index in [2.05, 4.69) is 89.2 Å². The van der Waals surface area contributed by atoms with Crippen molar-refractivity contribution in [2.24, 2.45) is 0 Å². The second-order valence-electron chi connectivity index (χ2n) is 5.55. The quantitative estimate of drug-likeness (QED) is 0.184. The van der Waals surface area contributed by atoms with Crippen molar-refractivity contribution >= 4 is 15.0 Å². The zero-order chi connectivity index (χ0) is 16.8. The van der Waals surface area contributed by atoms with E-state index in [0.717, 1.165) is 30.3 Å². The Morgan fingerprint density at radius 2 is 1.50 bits per heavy atom. The fourth-order valence-corrected chi connectivity index (χ4v) is 3.07. The van der Waals surface area contributed by atoms with Crippen LogP contribution in [0.4, 0.5) is 0 Å². The van der Waals surface area contributed by atoms with E-state index in [1.165, 1.54) is 33.0 Å². The number of rotatable bonds is 0. The van der Waals surface area contributed by atoms with Gasteiger partial charge in [-0.25, -0.2) is 0 Å². The molecule has 0 aliphatic heterocycles. The average molecular weight is 544 g/mol. The first-order chi connectivity index (χ1) is 11.9. The van der Waals surface area contributed by atoms with Crippen molar-refractivity contribution in [2.75, 3.05) is 0 Å². The van der Waals surface area contributed by atoms with Crippen molar-refractivity contribution in [3.05, 3.63) is 102 Å². The third-order valence-electron chi connectivity index (χ3n) is 4.16. The maximum Gasteiger partial charge on any atom is -0.0253 e. The number of fused-ring (bicyclic) bond motifs is 4. The summed E-state index contributed by atoms with van der Waals surface area (Å²) in [5.41, 5.74) is 5.51. The molecule has 3 heteroatoms. The zero-order valence-electron chi connectivity index (χ0n) is 14.3. The second kappa shape index (κ2) is 11.3. The Bertz CT molecular complexity index is 870. The SMILES string of the molecule is [CH2]=[Hf+2].[Cl-].[Cl-].[c-]1cccc2c1Cc1ccccc1-2.c1ccc2[cH-]ccc2c1. The van der Waals surface area contributed by atoms with Crippen molar-refractivity contribution in [1.29, 1.82) is 0 Å². The van der Waals surface area contributed by atoms with Crippen LogP contribution in [0, 0.1) is 6.07 Å². The summed E-state index contributed by atoms with van der Waals surface area (Å²) in [6, 6.07) is 32.8. The van der Waals surface area contributed by atoms with Gasteiger partial charge in [-0.1, -0.05) is 41.5 Å². The molecule has 4 aromatic rings. The fraction of sp³-hybridized carbons (Fsp3) is 0.0435. The van der Waals surface area contributed by atoms with E-state index in [1.807, 2.05) is 6.07 Å². The molecular formula is C23H18Cl2Hf-2. The number of halogens is 2. The fourth-order valence-electron chi connectivity index (χ4n) is 3.07. The van der Waals surface area contributed by atoms with Gasteiger partial charge in [0.05, 0.1) is 0 Å². The molecule has 0 saturated carbocycles. The standard InChI is InChI=1S/C13H9.C9H7.CH2.2ClH.Hf/c1-3-7-12-10(5-1)9-11-6-2-4-8-13(11)12;1-2-5-9-7-3-6-8(9)4-1;;;;/h1-5,7-8H,9H2;1-7H;1H2;2*1H;/q2*-1;;;;+2/p-2. The van der Waals surface area contributed by atoms with Gasteiger partial charge in [-0.3, -0.25) is 0 Å². The molecule has 130 valence electrons. The van der Waals surface area contributed by atoms with Gasteiger partial charge in [0.15, 0.2) is 0 Å². The third-order valence-corrected chi connectivity index (χ3v) is 4.16. The largest absolute Gasteiger partial charge is 1.00 e. The third kappa shape index (κ3) is 5.07. The van der Waals surface area contributed by atoms with Crippen molar-refractivity contribution in [2.45, 2.75) is 6.42 Å². The predicted molar refractivity (Wildman–Crippen MR) is 100 cm³/mol. The number of hydrogen-bond donors (Lipinski definition) is 0. The summed E-state index contributed by atoms with van der Waals surface area (Å²) in [7, 11) is 0. The van der Waals surface area contributed by atoms with Crippen molar-refractivity contribution in [3.63, 3.8) is 0 Å². The minimum absolute atomic E-state index is 0. The molecule has 0 atom stereocenters. The molecule has 1 aliphatic rings. The van der Waals surface area contributed by atoms with E-state index in [4.69, 9.17) is 0 Å². The molecular weight excluding hydrogens is 526 g/mol. The summed E-state index contributed by atoms with van der Waals surface area (Å²) in [5, 5.41) is 2.66. The Labute approximate surface area is 182 Å². The van der Waals surface area contributed by atoms with Crippen LogP contribution in [0.5, 0.6) is 0 Å². The first-order valence-corrected chi connectivity index (χ1v) is 10.5. The normalized spacial score (nSPS) is 9.92.